The van der Waals surface area contributed by atoms with E-state index in [4.69, 9.17) is 21.1 Å². The van der Waals surface area contributed by atoms with Crippen molar-refractivity contribution < 1.29 is 33.6 Å². The molecule has 1 aliphatic heterocycles. The quantitative estimate of drug-likeness (QED) is 0.631. The van der Waals surface area contributed by atoms with Gasteiger partial charge in [0.2, 0.25) is 0 Å². The molecule has 2 aromatic carbocycles. The Morgan fingerprint density at radius 2 is 1.86 bits per heavy atom. The Bertz CT molecular complexity index is 802. The molecule has 0 radical (unpaired) electrons. The molecule has 0 aliphatic carbocycles. The molecule has 8 heteroatoms. The monoisotopic (exact) mass is 428 g/mol. The van der Waals surface area contributed by atoms with Crippen molar-refractivity contribution in [3.05, 3.63) is 64.2 Å². The molecule has 0 saturated carbocycles. The molecule has 1 aliphatic rings. The van der Waals surface area contributed by atoms with Gasteiger partial charge in [0, 0.05) is 11.4 Å². The van der Waals surface area contributed by atoms with Gasteiger partial charge >= 0.3 is 0 Å². The van der Waals surface area contributed by atoms with Gasteiger partial charge in [0.05, 0.1) is 18.8 Å². The van der Waals surface area contributed by atoms with E-state index in [0.717, 1.165) is 16.7 Å². The van der Waals surface area contributed by atoms with Crippen LogP contribution in [0.1, 0.15) is 29.2 Å². The van der Waals surface area contributed by atoms with Gasteiger partial charge in [-0.15, -0.1) is 0 Å². The minimum absolute atomic E-state index is 0.203. The molecule has 0 amide bonds. The minimum atomic E-state index is -2.52. The molecule has 0 spiro atoms. The standard InChI is InChI=1S/C21H23ClF2O5/c22-16-6-3-13(18-9-17(26)21(27)19(10-25)29-18)8-14(16)7-12-1-4-15(5-2-12)28-11-20(23)24/h1-6,8,17-21,25-27H,7,9-11H2/t17?,18?,19?,21-/m0/s1. The molecule has 2 aromatic rings. The Labute approximate surface area is 172 Å². The lowest BCUT2D eigenvalue weighted by molar-refractivity contribution is -0.181. The van der Waals surface area contributed by atoms with Crippen LogP contribution in [0.25, 0.3) is 0 Å². The number of alkyl halides is 2. The first kappa shape index (κ1) is 21.9. The average Bonchev–Trinajstić information content (AvgIpc) is 2.71. The van der Waals surface area contributed by atoms with Gasteiger partial charge in [0.1, 0.15) is 24.6 Å². The predicted octanol–water partition coefficient (Wildman–Crippen LogP) is 3.12. The lowest BCUT2D eigenvalue weighted by atomic mass is 9.92. The van der Waals surface area contributed by atoms with Gasteiger partial charge in [-0.05, 0) is 41.3 Å². The van der Waals surface area contributed by atoms with Gasteiger partial charge in [0.25, 0.3) is 6.43 Å². The van der Waals surface area contributed by atoms with Crippen LogP contribution in [0.2, 0.25) is 5.02 Å². The molecule has 5 nitrogen and oxygen atoms in total. The highest BCUT2D eigenvalue weighted by atomic mass is 35.5. The number of hydrogen-bond acceptors (Lipinski definition) is 5. The van der Waals surface area contributed by atoms with Crippen molar-refractivity contribution >= 4 is 11.6 Å². The SMILES string of the molecule is OCC1OC(c2ccc(Cl)c(Cc3ccc(OCC(F)F)cc3)c2)CC(O)[C@@H]1O. The Morgan fingerprint density at radius 3 is 2.52 bits per heavy atom. The summed E-state index contributed by atoms with van der Waals surface area (Å²) in [6.07, 6.45) is -5.28. The lowest BCUT2D eigenvalue weighted by Gasteiger charge is -2.36. The largest absolute Gasteiger partial charge is 0.488 e. The van der Waals surface area contributed by atoms with Crippen LogP contribution in [0.4, 0.5) is 8.78 Å². The molecular formula is C21H23ClF2O5. The predicted molar refractivity (Wildman–Crippen MR) is 104 cm³/mol. The highest BCUT2D eigenvalue weighted by Crippen LogP contribution is 2.34. The number of rotatable bonds is 7. The van der Waals surface area contributed by atoms with E-state index < -0.39 is 44.1 Å². The van der Waals surface area contributed by atoms with Crippen LogP contribution >= 0.6 is 11.6 Å². The third kappa shape index (κ3) is 5.65. The molecular weight excluding hydrogens is 406 g/mol. The fraction of sp³-hybridized carbons (Fsp3) is 0.429. The second kappa shape index (κ2) is 9.82. The van der Waals surface area contributed by atoms with E-state index in [0.29, 0.717) is 17.2 Å². The van der Waals surface area contributed by atoms with Crippen LogP contribution in [0, 0.1) is 0 Å². The summed E-state index contributed by atoms with van der Waals surface area (Å²) in [4.78, 5) is 0. The highest BCUT2D eigenvalue weighted by Gasteiger charge is 2.37. The van der Waals surface area contributed by atoms with Gasteiger partial charge in [-0.25, -0.2) is 8.78 Å². The molecule has 3 unspecified atom stereocenters. The van der Waals surface area contributed by atoms with Crippen molar-refractivity contribution in [3.8, 4) is 5.75 Å². The van der Waals surface area contributed by atoms with E-state index >= 15 is 0 Å². The zero-order chi connectivity index (χ0) is 21.0. The van der Waals surface area contributed by atoms with Crippen molar-refractivity contribution in [1.82, 2.24) is 0 Å². The summed E-state index contributed by atoms with van der Waals surface area (Å²) in [7, 11) is 0. The molecule has 1 heterocycles. The molecule has 3 rings (SSSR count). The van der Waals surface area contributed by atoms with Crippen LogP contribution in [-0.2, 0) is 11.2 Å². The molecule has 3 N–H and O–H groups in total. The maximum atomic E-state index is 12.2. The number of ether oxygens (including phenoxy) is 2. The molecule has 158 valence electrons. The third-order valence-corrected chi connectivity index (χ3v) is 5.25. The van der Waals surface area contributed by atoms with Gasteiger partial charge in [0.15, 0.2) is 0 Å². The van der Waals surface area contributed by atoms with Gasteiger partial charge < -0.3 is 24.8 Å². The first-order chi connectivity index (χ1) is 13.9. The van der Waals surface area contributed by atoms with Crippen molar-refractivity contribution in [3.63, 3.8) is 0 Å². The summed E-state index contributed by atoms with van der Waals surface area (Å²) in [5.74, 6) is 0.368. The number of benzene rings is 2. The molecule has 0 bridgehead atoms. The summed E-state index contributed by atoms with van der Waals surface area (Å²) in [6.45, 7) is -1.04. The highest BCUT2D eigenvalue weighted by molar-refractivity contribution is 6.31. The molecule has 0 aromatic heterocycles. The third-order valence-electron chi connectivity index (χ3n) is 4.89. The molecule has 1 fully saturated rings. The van der Waals surface area contributed by atoms with Crippen molar-refractivity contribution in [1.29, 1.82) is 0 Å². The van der Waals surface area contributed by atoms with Gasteiger partial charge in [-0.2, -0.15) is 0 Å². The van der Waals surface area contributed by atoms with E-state index in [1.54, 1.807) is 36.4 Å². The maximum Gasteiger partial charge on any atom is 0.272 e. The summed E-state index contributed by atoms with van der Waals surface area (Å²) >= 11 is 6.33. The Morgan fingerprint density at radius 1 is 1.14 bits per heavy atom. The van der Waals surface area contributed by atoms with Crippen LogP contribution in [0.3, 0.4) is 0 Å². The summed E-state index contributed by atoms with van der Waals surface area (Å²) in [5.41, 5.74) is 2.53. The Kier molecular flexibility index (Phi) is 7.43. The average molecular weight is 429 g/mol. The molecule has 29 heavy (non-hydrogen) atoms. The summed E-state index contributed by atoms with van der Waals surface area (Å²) in [5, 5.41) is 29.8. The van der Waals surface area contributed by atoms with Crippen LogP contribution in [0.15, 0.2) is 42.5 Å². The van der Waals surface area contributed by atoms with Gasteiger partial charge in [-0.3, -0.25) is 0 Å². The smallest absolute Gasteiger partial charge is 0.272 e. The van der Waals surface area contributed by atoms with Crippen LogP contribution in [-0.4, -0.2) is 53.3 Å². The zero-order valence-electron chi connectivity index (χ0n) is 15.5. The number of hydrogen-bond donors (Lipinski definition) is 3. The number of aliphatic hydroxyl groups excluding tert-OH is 3. The second-order valence-corrected chi connectivity index (χ2v) is 7.42. The van der Waals surface area contributed by atoms with Crippen molar-refractivity contribution in [2.45, 2.75) is 43.7 Å². The van der Waals surface area contributed by atoms with E-state index in [2.05, 4.69) is 0 Å². The first-order valence-electron chi connectivity index (χ1n) is 9.28. The maximum absolute atomic E-state index is 12.2. The summed E-state index contributed by atoms with van der Waals surface area (Å²) in [6, 6.07) is 12.2. The number of halogens is 3. The normalized spacial score (nSPS) is 24.7. The topological polar surface area (TPSA) is 79.2 Å². The Hall–Kier alpha value is -1.77. The van der Waals surface area contributed by atoms with Crippen molar-refractivity contribution in [2.75, 3.05) is 13.2 Å². The lowest BCUT2D eigenvalue weighted by Crippen LogP contribution is -2.47. The second-order valence-electron chi connectivity index (χ2n) is 7.01. The van der Waals surface area contributed by atoms with E-state index in [-0.39, 0.29) is 6.42 Å². The van der Waals surface area contributed by atoms with E-state index in [9.17, 15) is 24.1 Å². The fourth-order valence-electron chi connectivity index (χ4n) is 3.33. The fourth-order valence-corrected chi connectivity index (χ4v) is 3.52. The van der Waals surface area contributed by atoms with Crippen LogP contribution < -0.4 is 4.74 Å². The van der Waals surface area contributed by atoms with Crippen molar-refractivity contribution in [2.24, 2.45) is 0 Å². The molecule has 1 saturated heterocycles. The van der Waals surface area contributed by atoms with E-state index in [1.165, 1.54) is 0 Å². The van der Waals surface area contributed by atoms with E-state index in [1.807, 2.05) is 6.07 Å². The zero-order valence-corrected chi connectivity index (χ0v) is 16.3. The molecule has 4 atom stereocenters. The summed E-state index contributed by atoms with van der Waals surface area (Å²) < 4.78 is 35.2. The number of aliphatic hydroxyl groups is 3. The van der Waals surface area contributed by atoms with Crippen LogP contribution in [0.5, 0.6) is 5.75 Å². The first-order valence-corrected chi connectivity index (χ1v) is 9.66. The Balaban J connectivity index is 1.72. The van der Waals surface area contributed by atoms with Gasteiger partial charge in [-0.1, -0.05) is 35.9 Å². The minimum Gasteiger partial charge on any atom is -0.488 e.